The Morgan fingerprint density at radius 1 is 1.50 bits per heavy atom. The fraction of sp³-hybridized carbons (Fsp3) is 0.385. The Hall–Kier alpha value is -1.63. The number of amides is 2. The summed E-state index contributed by atoms with van der Waals surface area (Å²) in [6, 6.07) is 5.38. The molecular formula is C13H18ClN3O3. The Kier molecular flexibility index (Phi) is 5.94. The zero-order valence-corrected chi connectivity index (χ0v) is 12.0. The van der Waals surface area contributed by atoms with E-state index < -0.39 is 6.10 Å². The molecule has 1 aliphatic rings. The molecule has 0 saturated heterocycles. The summed E-state index contributed by atoms with van der Waals surface area (Å²) >= 11 is 0. The van der Waals surface area contributed by atoms with Gasteiger partial charge in [-0.2, -0.15) is 0 Å². The van der Waals surface area contributed by atoms with Gasteiger partial charge in [-0.15, -0.1) is 12.4 Å². The highest BCUT2D eigenvalue weighted by Crippen LogP contribution is 2.25. The highest BCUT2D eigenvalue weighted by atomic mass is 35.5. The van der Waals surface area contributed by atoms with E-state index in [0.29, 0.717) is 18.5 Å². The van der Waals surface area contributed by atoms with E-state index in [-0.39, 0.29) is 30.8 Å². The first-order chi connectivity index (χ1) is 9.13. The van der Waals surface area contributed by atoms with Crippen LogP contribution < -0.4 is 16.4 Å². The zero-order chi connectivity index (χ0) is 13.8. The molecule has 0 fully saturated rings. The number of ether oxygens (including phenoxy) is 1. The van der Waals surface area contributed by atoms with E-state index in [4.69, 9.17) is 10.5 Å². The lowest BCUT2D eigenvalue weighted by molar-refractivity contribution is -0.125. The molecule has 1 aliphatic heterocycles. The number of nitrogens with one attached hydrogen (secondary N) is 2. The third-order valence-corrected chi connectivity index (χ3v) is 3.06. The Morgan fingerprint density at radius 2 is 2.25 bits per heavy atom. The molecule has 0 aromatic heterocycles. The first kappa shape index (κ1) is 16.4. The Labute approximate surface area is 123 Å². The summed E-state index contributed by atoms with van der Waals surface area (Å²) in [5.41, 5.74) is 7.92. The topological polar surface area (TPSA) is 93.4 Å². The lowest BCUT2D eigenvalue weighted by atomic mass is 10.0. The maximum absolute atomic E-state index is 11.8. The summed E-state index contributed by atoms with van der Waals surface area (Å²) in [7, 11) is 1.44. The monoisotopic (exact) mass is 299 g/mol. The quantitative estimate of drug-likeness (QED) is 0.770. The SMILES string of the molecule is COC(CN)C(=O)Nc1ccc2c(c1)CCC(=O)N2.Cl. The van der Waals surface area contributed by atoms with Crippen LogP contribution in [0.4, 0.5) is 11.4 Å². The van der Waals surface area contributed by atoms with Crippen molar-refractivity contribution in [3.8, 4) is 0 Å². The average Bonchev–Trinajstić information content (AvgIpc) is 2.40. The van der Waals surface area contributed by atoms with Gasteiger partial charge in [0.2, 0.25) is 5.91 Å². The fourth-order valence-corrected chi connectivity index (χ4v) is 1.99. The molecule has 0 radical (unpaired) electrons. The van der Waals surface area contributed by atoms with Crippen molar-refractivity contribution in [3.05, 3.63) is 23.8 Å². The number of halogens is 1. The minimum Gasteiger partial charge on any atom is -0.370 e. The highest BCUT2D eigenvalue weighted by Gasteiger charge is 2.18. The third kappa shape index (κ3) is 3.69. The van der Waals surface area contributed by atoms with E-state index in [1.807, 2.05) is 6.07 Å². The summed E-state index contributed by atoms with van der Waals surface area (Å²) in [6.07, 6.45) is 0.486. The molecule has 7 heteroatoms. The largest absolute Gasteiger partial charge is 0.370 e. The number of nitrogens with two attached hydrogens (primary N) is 1. The summed E-state index contributed by atoms with van der Waals surface area (Å²) in [5, 5.41) is 5.54. The van der Waals surface area contributed by atoms with Crippen LogP contribution in [0, 0.1) is 0 Å². The second-order valence-electron chi connectivity index (χ2n) is 4.37. The maximum atomic E-state index is 11.8. The van der Waals surface area contributed by atoms with Gasteiger partial charge in [-0.05, 0) is 30.2 Å². The number of anilines is 2. The van der Waals surface area contributed by atoms with Gasteiger partial charge in [0, 0.05) is 31.5 Å². The van der Waals surface area contributed by atoms with Gasteiger partial charge in [0.05, 0.1) is 0 Å². The van der Waals surface area contributed by atoms with Gasteiger partial charge in [-0.1, -0.05) is 0 Å². The number of carbonyl (C=O) groups is 2. The van der Waals surface area contributed by atoms with Gasteiger partial charge in [0.15, 0.2) is 0 Å². The molecule has 20 heavy (non-hydrogen) atoms. The molecule has 1 aromatic rings. The standard InChI is InChI=1S/C13H17N3O3.ClH/c1-19-11(7-14)13(18)15-9-3-4-10-8(6-9)2-5-12(17)16-10;/h3-4,6,11H,2,5,7,14H2,1H3,(H,15,18)(H,16,17);1H. The maximum Gasteiger partial charge on any atom is 0.254 e. The Bertz CT molecular complexity index is 504. The molecule has 4 N–H and O–H groups in total. The van der Waals surface area contributed by atoms with Crippen molar-refractivity contribution in [2.24, 2.45) is 5.73 Å². The molecule has 0 aliphatic carbocycles. The van der Waals surface area contributed by atoms with Crippen molar-refractivity contribution < 1.29 is 14.3 Å². The van der Waals surface area contributed by atoms with Gasteiger partial charge >= 0.3 is 0 Å². The van der Waals surface area contributed by atoms with Crippen LogP contribution in [0.15, 0.2) is 18.2 Å². The number of benzene rings is 1. The molecule has 1 unspecified atom stereocenters. The van der Waals surface area contributed by atoms with Crippen LogP contribution in [-0.4, -0.2) is 31.6 Å². The number of methoxy groups -OCH3 is 1. The van der Waals surface area contributed by atoms with Crippen LogP contribution in [0.3, 0.4) is 0 Å². The minimum absolute atomic E-state index is 0. The lowest BCUT2D eigenvalue weighted by Crippen LogP contribution is -2.35. The lowest BCUT2D eigenvalue weighted by Gasteiger charge is -2.18. The first-order valence-electron chi connectivity index (χ1n) is 6.10. The zero-order valence-electron chi connectivity index (χ0n) is 11.1. The molecule has 2 rings (SSSR count). The number of carbonyl (C=O) groups excluding carboxylic acids is 2. The highest BCUT2D eigenvalue weighted by molar-refractivity contribution is 5.97. The average molecular weight is 300 g/mol. The van der Waals surface area contributed by atoms with E-state index in [2.05, 4.69) is 10.6 Å². The van der Waals surface area contributed by atoms with Crippen molar-refractivity contribution in [1.29, 1.82) is 0 Å². The van der Waals surface area contributed by atoms with Gasteiger partial charge in [-0.25, -0.2) is 0 Å². The third-order valence-electron chi connectivity index (χ3n) is 3.06. The van der Waals surface area contributed by atoms with Gasteiger partial charge in [0.25, 0.3) is 5.91 Å². The summed E-state index contributed by atoms with van der Waals surface area (Å²) in [6.45, 7) is 0.128. The van der Waals surface area contributed by atoms with Crippen LogP contribution in [-0.2, 0) is 20.7 Å². The normalized spacial score (nSPS) is 14.6. The second-order valence-corrected chi connectivity index (χ2v) is 4.37. The number of hydrogen-bond donors (Lipinski definition) is 3. The second kappa shape index (κ2) is 7.23. The number of aryl methyl sites for hydroxylation is 1. The van der Waals surface area contributed by atoms with Crippen molar-refractivity contribution in [1.82, 2.24) is 0 Å². The minimum atomic E-state index is -0.657. The van der Waals surface area contributed by atoms with Crippen LogP contribution in [0.25, 0.3) is 0 Å². The van der Waals surface area contributed by atoms with Crippen molar-refractivity contribution in [3.63, 3.8) is 0 Å². The molecule has 1 heterocycles. The van der Waals surface area contributed by atoms with E-state index in [9.17, 15) is 9.59 Å². The number of fused-ring (bicyclic) bond motifs is 1. The smallest absolute Gasteiger partial charge is 0.254 e. The van der Waals surface area contributed by atoms with Crippen molar-refractivity contribution in [2.45, 2.75) is 18.9 Å². The molecule has 1 atom stereocenters. The first-order valence-corrected chi connectivity index (χ1v) is 6.10. The summed E-state index contributed by atoms with van der Waals surface area (Å²) < 4.78 is 4.97. The molecular weight excluding hydrogens is 282 g/mol. The molecule has 1 aromatic carbocycles. The van der Waals surface area contributed by atoms with Gasteiger partial charge < -0.3 is 21.1 Å². The summed E-state index contributed by atoms with van der Waals surface area (Å²) in [5.74, 6) is -0.253. The van der Waals surface area contributed by atoms with Crippen LogP contribution in [0.5, 0.6) is 0 Å². The van der Waals surface area contributed by atoms with Crippen LogP contribution in [0.1, 0.15) is 12.0 Å². The Morgan fingerprint density at radius 3 is 2.90 bits per heavy atom. The van der Waals surface area contributed by atoms with E-state index in [1.54, 1.807) is 12.1 Å². The van der Waals surface area contributed by atoms with E-state index in [0.717, 1.165) is 11.3 Å². The van der Waals surface area contributed by atoms with E-state index in [1.165, 1.54) is 7.11 Å². The summed E-state index contributed by atoms with van der Waals surface area (Å²) in [4.78, 5) is 23.1. The van der Waals surface area contributed by atoms with Crippen LogP contribution in [0.2, 0.25) is 0 Å². The van der Waals surface area contributed by atoms with Crippen molar-refractivity contribution >= 4 is 35.6 Å². The predicted molar refractivity (Wildman–Crippen MR) is 79.1 cm³/mol. The van der Waals surface area contributed by atoms with Gasteiger partial charge in [-0.3, -0.25) is 9.59 Å². The molecule has 0 bridgehead atoms. The van der Waals surface area contributed by atoms with E-state index >= 15 is 0 Å². The van der Waals surface area contributed by atoms with Crippen molar-refractivity contribution in [2.75, 3.05) is 24.3 Å². The fourth-order valence-electron chi connectivity index (χ4n) is 1.99. The molecule has 110 valence electrons. The molecule has 6 nitrogen and oxygen atoms in total. The molecule has 0 spiro atoms. The number of rotatable bonds is 4. The molecule has 0 saturated carbocycles. The predicted octanol–water partition coefficient (Wildman–Crippen LogP) is 0.905. The van der Waals surface area contributed by atoms with Gasteiger partial charge in [0.1, 0.15) is 6.10 Å². The van der Waals surface area contributed by atoms with Crippen LogP contribution >= 0.6 is 12.4 Å². The Balaban J connectivity index is 0.00000200. The molecule has 2 amide bonds. The number of hydrogen-bond acceptors (Lipinski definition) is 4.